The Kier molecular flexibility index (Phi) is 6.70. The standard InChI is InChI=1S/C12H25N3O4S/c1-10(11-6-4-9-19-11)14-12(16)13-7-5-8-15(2)20(3,17)18/h10-11H,4-9H2,1-3H3,(H2,13,14,16)/t10-,11-/m0/s1. The zero-order valence-corrected chi connectivity index (χ0v) is 13.2. The fourth-order valence-corrected chi connectivity index (χ4v) is 2.48. The molecule has 0 saturated carbocycles. The smallest absolute Gasteiger partial charge is 0.315 e. The minimum Gasteiger partial charge on any atom is -0.376 e. The molecule has 0 aromatic carbocycles. The highest BCUT2D eigenvalue weighted by atomic mass is 32.2. The van der Waals surface area contributed by atoms with Gasteiger partial charge in [0.25, 0.3) is 0 Å². The van der Waals surface area contributed by atoms with Gasteiger partial charge in [0, 0.05) is 26.7 Å². The Labute approximate surface area is 121 Å². The van der Waals surface area contributed by atoms with Crippen molar-refractivity contribution in [1.82, 2.24) is 14.9 Å². The van der Waals surface area contributed by atoms with E-state index in [4.69, 9.17) is 4.74 Å². The third-order valence-electron chi connectivity index (χ3n) is 3.38. The molecular formula is C12H25N3O4S. The van der Waals surface area contributed by atoms with Crippen molar-refractivity contribution in [1.29, 1.82) is 0 Å². The summed E-state index contributed by atoms with van der Waals surface area (Å²) in [6.45, 7) is 3.51. The lowest BCUT2D eigenvalue weighted by Gasteiger charge is -2.20. The minimum absolute atomic E-state index is 0.0174. The number of nitrogens with zero attached hydrogens (tertiary/aromatic N) is 1. The lowest BCUT2D eigenvalue weighted by atomic mass is 10.1. The molecule has 0 aliphatic carbocycles. The van der Waals surface area contributed by atoms with Crippen molar-refractivity contribution >= 4 is 16.1 Å². The first-order chi connectivity index (χ1) is 9.30. The highest BCUT2D eigenvalue weighted by molar-refractivity contribution is 7.88. The van der Waals surface area contributed by atoms with Gasteiger partial charge < -0.3 is 15.4 Å². The zero-order chi connectivity index (χ0) is 15.2. The third kappa shape index (κ3) is 6.06. The molecule has 8 heteroatoms. The first-order valence-electron chi connectivity index (χ1n) is 6.88. The topological polar surface area (TPSA) is 87.7 Å². The number of urea groups is 1. The molecule has 0 bridgehead atoms. The van der Waals surface area contributed by atoms with Crippen molar-refractivity contribution in [2.45, 2.75) is 38.3 Å². The van der Waals surface area contributed by atoms with Crippen LogP contribution < -0.4 is 10.6 Å². The van der Waals surface area contributed by atoms with Crippen LogP contribution in [0.2, 0.25) is 0 Å². The molecule has 0 aromatic heterocycles. The molecule has 2 amide bonds. The largest absolute Gasteiger partial charge is 0.376 e. The van der Waals surface area contributed by atoms with Crippen LogP contribution >= 0.6 is 0 Å². The molecule has 0 unspecified atom stereocenters. The van der Waals surface area contributed by atoms with Crippen LogP contribution in [-0.2, 0) is 14.8 Å². The Balaban J connectivity index is 2.14. The van der Waals surface area contributed by atoms with Crippen LogP contribution in [-0.4, -0.2) is 63.9 Å². The number of carbonyl (C=O) groups excluding carboxylic acids is 1. The number of ether oxygens (including phenoxy) is 1. The first kappa shape index (κ1) is 17.2. The number of nitrogens with one attached hydrogen (secondary N) is 2. The molecule has 2 atom stereocenters. The van der Waals surface area contributed by atoms with Crippen LogP contribution in [0.15, 0.2) is 0 Å². The zero-order valence-electron chi connectivity index (χ0n) is 12.4. The average Bonchev–Trinajstić information content (AvgIpc) is 2.86. The van der Waals surface area contributed by atoms with E-state index in [2.05, 4.69) is 10.6 Å². The van der Waals surface area contributed by atoms with E-state index < -0.39 is 10.0 Å². The number of sulfonamides is 1. The van der Waals surface area contributed by atoms with Crippen LogP contribution in [0, 0.1) is 0 Å². The monoisotopic (exact) mass is 307 g/mol. The van der Waals surface area contributed by atoms with Crippen LogP contribution in [0.4, 0.5) is 4.79 Å². The Morgan fingerprint density at radius 1 is 1.50 bits per heavy atom. The van der Waals surface area contributed by atoms with E-state index in [-0.39, 0.29) is 18.2 Å². The lowest BCUT2D eigenvalue weighted by molar-refractivity contribution is 0.0860. The maximum atomic E-state index is 11.6. The number of hydrogen-bond donors (Lipinski definition) is 2. The van der Waals surface area contributed by atoms with E-state index in [1.54, 1.807) is 0 Å². The molecule has 0 radical (unpaired) electrons. The van der Waals surface area contributed by atoms with Crippen molar-refractivity contribution in [3.8, 4) is 0 Å². The lowest BCUT2D eigenvalue weighted by Crippen LogP contribution is -2.46. The van der Waals surface area contributed by atoms with Crippen molar-refractivity contribution < 1.29 is 17.9 Å². The van der Waals surface area contributed by atoms with Gasteiger partial charge in [0.05, 0.1) is 18.4 Å². The number of hydrogen-bond acceptors (Lipinski definition) is 4. The second-order valence-electron chi connectivity index (χ2n) is 5.18. The van der Waals surface area contributed by atoms with Crippen LogP contribution in [0.25, 0.3) is 0 Å². The quantitative estimate of drug-likeness (QED) is 0.655. The van der Waals surface area contributed by atoms with E-state index in [9.17, 15) is 13.2 Å². The molecule has 20 heavy (non-hydrogen) atoms. The summed E-state index contributed by atoms with van der Waals surface area (Å²) in [4.78, 5) is 11.6. The molecule has 118 valence electrons. The van der Waals surface area contributed by atoms with Crippen molar-refractivity contribution in [3.05, 3.63) is 0 Å². The molecule has 0 spiro atoms. The van der Waals surface area contributed by atoms with Crippen molar-refractivity contribution in [2.24, 2.45) is 0 Å². The maximum absolute atomic E-state index is 11.6. The van der Waals surface area contributed by atoms with Gasteiger partial charge in [-0.05, 0) is 26.2 Å². The van der Waals surface area contributed by atoms with E-state index in [1.165, 1.54) is 11.4 Å². The molecule has 7 nitrogen and oxygen atoms in total. The molecule has 2 N–H and O–H groups in total. The molecule has 1 rings (SSSR count). The van der Waals surface area contributed by atoms with Crippen LogP contribution in [0.5, 0.6) is 0 Å². The van der Waals surface area contributed by atoms with Gasteiger partial charge in [0.15, 0.2) is 0 Å². The van der Waals surface area contributed by atoms with E-state index in [1.807, 2.05) is 6.92 Å². The molecule has 1 saturated heterocycles. The highest BCUT2D eigenvalue weighted by Crippen LogP contribution is 2.15. The van der Waals surface area contributed by atoms with Crippen LogP contribution in [0.1, 0.15) is 26.2 Å². The van der Waals surface area contributed by atoms with Gasteiger partial charge >= 0.3 is 6.03 Å². The van der Waals surface area contributed by atoms with E-state index >= 15 is 0 Å². The third-order valence-corrected chi connectivity index (χ3v) is 4.70. The molecule has 0 aromatic rings. The summed E-state index contributed by atoms with van der Waals surface area (Å²) in [5.74, 6) is 0. The van der Waals surface area contributed by atoms with E-state index in [0.29, 0.717) is 19.5 Å². The number of rotatable bonds is 7. The molecule has 1 heterocycles. The second kappa shape index (κ2) is 7.80. The minimum atomic E-state index is -3.15. The van der Waals surface area contributed by atoms with Gasteiger partial charge in [-0.1, -0.05) is 0 Å². The van der Waals surface area contributed by atoms with Gasteiger partial charge in [-0.15, -0.1) is 0 Å². The molecular weight excluding hydrogens is 282 g/mol. The maximum Gasteiger partial charge on any atom is 0.315 e. The number of carbonyl (C=O) groups is 1. The second-order valence-corrected chi connectivity index (χ2v) is 7.27. The molecule has 1 fully saturated rings. The predicted octanol–water partition coefficient (Wildman–Crippen LogP) is 0.135. The normalized spacial score (nSPS) is 20.9. The molecule has 1 aliphatic heterocycles. The summed E-state index contributed by atoms with van der Waals surface area (Å²) >= 11 is 0. The summed E-state index contributed by atoms with van der Waals surface area (Å²) < 4.78 is 29.1. The fourth-order valence-electron chi connectivity index (χ4n) is 2.02. The first-order valence-corrected chi connectivity index (χ1v) is 8.73. The summed E-state index contributed by atoms with van der Waals surface area (Å²) in [6, 6.07) is -0.258. The summed E-state index contributed by atoms with van der Waals surface area (Å²) in [5, 5.41) is 5.55. The Morgan fingerprint density at radius 2 is 2.20 bits per heavy atom. The van der Waals surface area contributed by atoms with Crippen molar-refractivity contribution in [2.75, 3.05) is 33.0 Å². The Hall–Kier alpha value is -0.860. The van der Waals surface area contributed by atoms with Crippen LogP contribution in [0.3, 0.4) is 0 Å². The average molecular weight is 307 g/mol. The number of amides is 2. The van der Waals surface area contributed by atoms with Gasteiger partial charge in [-0.25, -0.2) is 17.5 Å². The summed E-state index contributed by atoms with van der Waals surface area (Å²) in [6.07, 6.45) is 3.84. The summed E-state index contributed by atoms with van der Waals surface area (Å²) in [7, 11) is -1.62. The Morgan fingerprint density at radius 3 is 2.75 bits per heavy atom. The summed E-state index contributed by atoms with van der Waals surface area (Å²) in [5.41, 5.74) is 0. The van der Waals surface area contributed by atoms with E-state index in [0.717, 1.165) is 25.7 Å². The Bertz CT molecular complexity index is 407. The SMILES string of the molecule is C[C@H](NC(=O)NCCCN(C)S(C)(=O)=O)[C@@H]1CCCO1. The van der Waals surface area contributed by atoms with Gasteiger partial charge in [-0.2, -0.15) is 0 Å². The fraction of sp³-hybridized carbons (Fsp3) is 0.917. The highest BCUT2D eigenvalue weighted by Gasteiger charge is 2.23. The molecule has 1 aliphatic rings. The van der Waals surface area contributed by atoms with Gasteiger partial charge in [0.1, 0.15) is 0 Å². The van der Waals surface area contributed by atoms with Crippen molar-refractivity contribution in [3.63, 3.8) is 0 Å². The predicted molar refractivity (Wildman–Crippen MR) is 77.1 cm³/mol. The van der Waals surface area contributed by atoms with Gasteiger partial charge in [0.2, 0.25) is 10.0 Å². The van der Waals surface area contributed by atoms with Gasteiger partial charge in [-0.3, -0.25) is 0 Å².